The molecule has 0 fully saturated rings. The zero-order valence-electron chi connectivity index (χ0n) is 11.1. The van der Waals surface area contributed by atoms with Gasteiger partial charge in [0.25, 0.3) is 0 Å². The van der Waals surface area contributed by atoms with Gasteiger partial charge in [-0.05, 0) is 36.8 Å². The van der Waals surface area contributed by atoms with Crippen LogP contribution in [0.5, 0.6) is 5.75 Å². The van der Waals surface area contributed by atoms with Crippen LogP contribution in [0.3, 0.4) is 0 Å². The average molecular weight is 291 g/mol. The summed E-state index contributed by atoms with van der Waals surface area (Å²) in [5, 5.41) is 3.34. The summed E-state index contributed by atoms with van der Waals surface area (Å²) in [6.45, 7) is 0. The summed E-state index contributed by atoms with van der Waals surface area (Å²) in [7, 11) is 1.55. The molecule has 2 rings (SSSR count). The molecule has 0 saturated carbocycles. The first kappa shape index (κ1) is 14.3. The van der Waals surface area contributed by atoms with E-state index < -0.39 is 0 Å². The molecular formula is C15H15ClN2O2. The molecule has 4 nitrogen and oxygen atoms in total. The van der Waals surface area contributed by atoms with Crippen LogP contribution in [-0.4, -0.2) is 18.0 Å². The highest BCUT2D eigenvalue weighted by atomic mass is 35.5. The molecule has 1 aromatic carbocycles. The van der Waals surface area contributed by atoms with Gasteiger partial charge in [0.1, 0.15) is 5.75 Å². The number of anilines is 1. The molecule has 0 bridgehead atoms. The Morgan fingerprint density at radius 2 is 2.20 bits per heavy atom. The maximum absolute atomic E-state index is 11.9. The monoisotopic (exact) mass is 290 g/mol. The summed E-state index contributed by atoms with van der Waals surface area (Å²) >= 11 is 5.91. The van der Waals surface area contributed by atoms with Gasteiger partial charge in [-0.15, -0.1) is 0 Å². The number of ether oxygens (including phenoxy) is 1. The number of nitrogens with one attached hydrogen (secondary N) is 1. The SMILES string of the molecule is COc1ccc(Cl)cc1NC(=O)CCc1ccccn1. The lowest BCUT2D eigenvalue weighted by Gasteiger charge is -2.10. The molecule has 1 heterocycles. The van der Waals surface area contributed by atoms with Crippen molar-refractivity contribution in [2.75, 3.05) is 12.4 Å². The number of halogens is 1. The summed E-state index contributed by atoms with van der Waals surface area (Å²) in [5.41, 5.74) is 1.46. The topological polar surface area (TPSA) is 51.2 Å². The van der Waals surface area contributed by atoms with Gasteiger partial charge in [0.2, 0.25) is 5.91 Å². The van der Waals surface area contributed by atoms with Gasteiger partial charge >= 0.3 is 0 Å². The predicted molar refractivity (Wildman–Crippen MR) is 79.2 cm³/mol. The van der Waals surface area contributed by atoms with Crippen molar-refractivity contribution in [2.24, 2.45) is 0 Å². The van der Waals surface area contributed by atoms with Crippen molar-refractivity contribution in [3.63, 3.8) is 0 Å². The fraction of sp³-hybridized carbons (Fsp3) is 0.200. The number of nitrogens with zero attached hydrogens (tertiary/aromatic N) is 1. The second-order valence-corrected chi connectivity index (χ2v) is 4.65. The first-order chi connectivity index (χ1) is 9.69. The second kappa shape index (κ2) is 6.91. The van der Waals surface area contributed by atoms with Gasteiger partial charge in [0.05, 0.1) is 12.8 Å². The Bertz CT molecular complexity index is 588. The normalized spacial score (nSPS) is 10.1. The highest BCUT2D eigenvalue weighted by Gasteiger charge is 2.08. The van der Waals surface area contributed by atoms with Gasteiger partial charge in [-0.2, -0.15) is 0 Å². The molecular weight excluding hydrogens is 276 g/mol. The molecule has 0 atom stereocenters. The van der Waals surface area contributed by atoms with Crippen LogP contribution in [0.15, 0.2) is 42.6 Å². The van der Waals surface area contributed by atoms with E-state index in [1.54, 1.807) is 31.5 Å². The highest BCUT2D eigenvalue weighted by Crippen LogP contribution is 2.27. The number of carbonyl (C=O) groups is 1. The molecule has 1 aromatic heterocycles. The van der Waals surface area contributed by atoms with Crippen LogP contribution in [0.25, 0.3) is 0 Å². The number of aromatic nitrogens is 1. The number of aryl methyl sites for hydroxylation is 1. The van der Waals surface area contributed by atoms with Gasteiger partial charge in [0.15, 0.2) is 0 Å². The molecule has 0 unspecified atom stereocenters. The van der Waals surface area contributed by atoms with E-state index in [1.807, 2.05) is 18.2 Å². The number of rotatable bonds is 5. The lowest BCUT2D eigenvalue weighted by atomic mass is 10.2. The van der Waals surface area contributed by atoms with Gasteiger partial charge in [-0.3, -0.25) is 9.78 Å². The maximum atomic E-state index is 11.9. The molecule has 20 heavy (non-hydrogen) atoms. The van der Waals surface area contributed by atoms with Crippen molar-refractivity contribution < 1.29 is 9.53 Å². The number of methoxy groups -OCH3 is 1. The van der Waals surface area contributed by atoms with E-state index >= 15 is 0 Å². The Balaban J connectivity index is 1.96. The summed E-state index contributed by atoms with van der Waals surface area (Å²) in [4.78, 5) is 16.1. The Morgan fingerprint density at radius 1 is 1.35 bits per heavy atom. The van der Waals surface area contributed by atoms with Crippen molar-refractivity contribution in [1.29, 1.82) is 0 Å². The van der Waals surface area contributed by atoms with Crippen molar-refractivity contribution in [1.82, 2.24) is 4.98 Å². The molecule has 0 radical (unpaired) electrons. The molecule has 0 spiro atoms. The minimum atomic E-state index is -0.101. The Hall–Kier alpha value is -2.07. The average Bonchev–Trinajstić information content (AvgIpc) is 2.46. The third-order valence-corrected chi connectivity index (χ3v) is 3.01. The number of hydrogen-bond donors (Lipinski definition) is 1. The number of hydrogen-bond acceptors (Lipinski definition) is 3. The first-order valence-corrected chi connectivity index (χ1v) is 6.60. The summed E-state index contributed by atoms with van der Waals surface area (Å²) in [6, 6.07) is 10.7. The lowest BCUT2D eigenvalue weighted by Crippen LogP contribution is -2.13. The van der Waals surface area contributed by atoms with E-state index in [1.165, 1.54) is 0 Å². The zero-order valence-corrected chi connectivity index (χ0v) is 11.9. The quantitative estimate of drug-likeness (QED) is 0.919. The molecule has 1 amide bonds. The summed E-state index contributed by atoms with van der Waals surface area (Å²) in [5.74, 6) is 0.483. The number of pyridine rings is 1. The van der Waals surface area contributed by atoms with Crippen molar-refractivity contribution in [3.8, 4) is 5.75 Å². The minimum Gasteiger partial charge on any atom is -0.495 e. The fourth-order valence-electron chi connectivity index (χ4n) is 1.78. The smallest absolute Gasteiger partial charge is 0.224 e. The van der Waals surface area contributed by atoms with Crippen LogP contribution in [-0.2, 0) is 11.2 Å². The predicted octanol–water partition coefficient (Wildman–Crippen LogP) is 3.31. The van der Waals surface area contributed by atoms with E-state index in [4.69, 9.17) is 16.3 Å². The molecule has 0 saturated heterocycles. The third-order valence-electron chi connectivity index (χ3n) is 2.77. The van der Waals surface area contributed by atoms with Gasteiger partial charge < -0.3 is 10.1 Å². The third kappa shape index (κ3) is 3.96. The largest absolute Gasteiger partial charge is 0.495 e. The van der Waals surface area contributed by atoms with Crippen molar-refractivity contribution in [2.45, 2.75) is 12.8 Å². The minimum absolute atomic E-state index is 0.101. The van der Waals surface area contributed by atoms with Crippen molar-refractivity contribution in [3.05, 3.63) is 53.3 Å². The molecule has 0 aliphatic carbocycles. The number of benzene rings is 1. The van der Waals surface area contributed by atoms with Gasteiger partial charge in [-0.1, -0.05) is 17.7 Å². The van der Waals surface area contributed by atoms with E-state index in [0.717, 1.165) is 5.69 Å². The van der Waals surface area contributed by atoms with Crippen LogP contribution in [0, 0.1) is 0 Å². The molecule has 2 aromatic rings. The standard InChI is InChI=1S/C15H15ClN2O2/c1-20-14-7-5-11(16)10-13(14)18-15(19)8-6-12-4-2-3-9-17-12/h2-5,7,9-10H,6,8H2,1H3,(H,18,19). The Kier molecular flexibility index (Phi) is 4.96. The van der Waals surface area contributed by atoms with Gasteiger partial charge in [0, 0.05) is 23.3 Å². The number of carbonyl (C=O) groups excluding carboxylic acids is 1. The highest BCUT2D eigenvalue weighted by molar-refractivity contribution is 6.31. The Labute approximate surface area is 122 Å². The summed E-state index contributed by atoms with van der Waals surface area (Å²) in [6.07, 6.45) is 2.66. The molecule has 1 N–H and O–H groups in total. The first-order valence-electron chi connectivity index (χ1n) is 6.22. The Morgan fingerprint density at radius 3 is 2.90 bits per heavy atom. The molecule has 104 valence electrons. The van der Waals surface area contributed by atoms with Crippen LogP contribution in [0.1, 0.15) is 12.1 Å². The van der Waals surface area contributed by atoms with Crippen LogP contribution >= 0.6 is 11.6 Å². The van der Waals surface area contributed by atoms with E-state index in [0.29, 0.717) is 29.3 Å². The van der Waals surface area contributed by atoms with Crippen molar-refractivity contribution >= 4 is 23.2 Å². The molecule has 0 aliphatic rings. The summed E-state index contributed by atoms with van der Waals surface area (Å²) < 4.78 is 5.18. The van der Waals surface area contributed by atoms with Crippen LogP contribution < -0.4 is 10.1 Å². The van der Waals surface area contributed by atoms with E-state index in [2.05, 4.69) is 10.3 Å². The maximum Gasteiger partial charge on any atom is 0.224 e. The second-order valence-electron chi connectivity index (χ2n) is 4.21. The lowest BCUT2D eigenvalue weighted by molar-refractivity contribution is -0.116. The molecule has 5 heteroatoms. The van der Waals surface area contributed by atoms with Crippen LogP contribution in [0.2, 0.25) is 5.02 Å². The fourth-order valence-corrected chi connectivity index (χ4v) is 1.95. The van der Waals surface area contributed by atoms with E-state index in [-0.39, 0.29) is 5.91 Å². The van der Waals surface area contributed by atoms with Crippen LogP contribution in [0.4, 0.5) is 5.69 Å². The molecule has 0 aliphatic heterocycles. The van der Waals surface area contributed by atoms with E-state index in [9.17, 15) is 4.79 Å². The number of amides is 1. The zero-order chi connectivity index (χ0) is 14.4. The van der Waals surface area contributed by atoms with Gasteiger partial charge in [-0.25, -0.2) is 0 Å².